The van der Waals surface area contributed by atoms with Crippen LogP contribution in [0.3, 0.4) is 0 Å². The molecule has 4 saturated heterocycles. The Hall–Kier alpha value is -1.48. The van der Waals surface area contributed by atoms with Gasteiger partial charge in [-0.3, -0.25) is 14.6 Å². The van der Waals surface area contributed by atoms with Gasteiger partial charge in [0, 0.05) is 0 Å². The van der Waals surface area contributed by atoms with Gasteiger partial charge in [-0.1, -0.05) is 0 Å². The molecule has 0 aromatic carbocycles. The first-order chi connectivity index (χ1) is 9.12. The number of rotatable bonds is 3. The molecule has 4 bridgehead atoms. The third-order valence-electron chi connectivity index (χ3n) is 4.02. The van der Waals surface area contributed by atoms with Gasteiger partial charge in [-0.05, 0) is 6.07 Å². The van der Waals surface area contributed by atoms with E-state index in [2.05, 4.69) is 14.7 Å². The molecule has 0 aliphatic carbocycles. The molecule has 19 heavy (non-hydrogen) atoms. The Balaban J connectivity index is 1.57. The number of quaternary nitrogens is 1. The van der Waals surface area contributed by atoms with Crippen molar-refractivity contribution in [1.29, 1.82) is 0 Å². The third-order valence-corrected chi connectivity index (χ3v) is 4.02. The summed E-state index contributed by atoms with van der Waals surface area (Å²) in [5.41, 5.74) is 0. The van der Waals surface area contributed by atoms with Crippen LogP contribution in [0.5, 0.6) is 0 Å². The van der Waals surface area contributed by atoms with E-state index in [9.17, 15) is 10.1 Å². The molecule has 5 rings (SSSR count). The van der Waals surface area contributed by atoms with Crippen molar-refractivity contribution in [1.82, 2.24) is 14.7 Å². The molecule has 0 N–H and O–H groups in total. The Bertz CT molecular complexity index is 493. The van der Waals surface area contributed by atoms with E-state index in [1.54, 1.807) is 6.07 Å². The highest BCUT2D eigenvalue weighted by Gasteiger charge is 2.48. The first-order valence-electron chi connectivity index (χ1n) is 6.37. The summed E-state index contributed by atoms with van der Waals surface area (Å²) < 4.78 is 6.21. The van der Waals surface area contributed by atoms with Crippen molar-refractivity contribution in [2.45, 2.75) is 6.54 Å². The monoisotopic (exact) mass is 266 g/mol. The van der Waals surface area contributed by atoms with Crippen LogP contribution in [-0.2, 0) is 6.54 Å². The summed E-state index contributed by atoms with van der Waals surface area (Å²) in [6.07, 6.45) is 0. The van der Waals surface area contributed by atoms with Gasteiger partial charge in [0.15, 0.2) is 5.76 Å². The van der Waals surface area contributed by atoms with Crippen molar-refractivity contribution < 1.29 is 13.8 Å². The van der Waals surface area contributed by atoms with Crippen molar-refractivity contribution in [2.75, 3.05) is 40.0 Å². The van der Waals surface area contributed by atoms with Crippen molar-refractivity contribution in [3.63, 3.8) is 0 Å². The van der Waals surface area contributed by atoms with Gasteiger partial charge in [-0.15, -0.1) is 0 Å². The summed E-state index contributed by atoms with van der Waals surface area (Å²) in [7, 11) is 0. The van der Waals surface area contributed by atoms with Crippen molar-refractivity contribution in [3.05, 3.63) is 28.0 Å². The van der Waals surface area contributed by atoms with Crippen LogP contribution in [0.2, 0.25) is 0 Å². The topological polar surface area (TPSA) is 66.0 Å². The number of nitro groups is 1. The zero-order valence-electron chi connectivity index (χ0n) is 10.6. The van der Waals surface area contributed by atoms with Gasteiger partial charge in [-0.2, -0.15) is 0 Å². The van der Waals surface area contributed by atoms with Gasteiger partial charge in [0.05, 0.1) is 26.1 Å². The lowest BCUT2D eigenvalue weighted by Crippen LogP contribution is -2.78. The summed E-state index contributed by atoms with van der Waals surface area (Å²) in [5, 5.41) is 10.7. The summed E-state index contributed by atoms with van der Waals surface area (Å²) in [6, 6.07) is 3.18. The standard InChI is InChI=1S/C11H16N5O3/c17-15(18)11-2-1-10(19-11)3-16-7-12-4-13(8-16)6-14(5-12)9-16/h1-2H,3-9H2/q+1. The minimum Gasteiger partial charge on any atom is -0.400 e. The van der Waals surface area contributed by atoms with Crippen LogP contribution >= 0.6 is 0 Å². The number of hydrogen-bond acceptors (Lipinski definition) is 6. The van der Waals surface area contributed by atoms with E-state index in [0.29, 0.717) is 5.76 Å². The smallest absolute Gasteiger partial charge is 0.400 e. The number of nitrogens with zero attached hydrogens (tertiary/aromatic N) is 5. The lowest BCUT2D eigenvalue weighted by atomic mass is 10.2. The molecule has 5 heterocycles. The highest BCUT2D eigenvalue weighted by molar-refractivity contribution is 5.17. The maximum atomic E-state index is 10.7. The van der Waals surface area contributed by atoms with Gasteiger partial charge < -0.3 is 4.42 Å². The molecule has 8 nitrogen and oxygen atoms in total. The predicted octanol–water partition coefficient (Wildman–Crippen LogP) is 0.196. The van der Waals surface area contributed by atoms with E-state index in [-0.39, 0.29) is 5.88 Å². The molecule has 0 unspecified atom stereocenters. The first-order valence-corrected chi connectivity index (χ1v) is 6.37. The molecule has 1 aromatic rings. The van der Waals surface area contributed by atoms with Gasteiger partial charge >= 0.3 is 5.88 Å². The Labute approximate surface area is 110 Å². The largest absolute Gasteiger partial charge is 0.433 e. The van der Waals surface area contributed by atoms with Crippen molar-refractivity contribution in [3.8, 4) is 0 Å². The lowest BCUT2D eigenvalue weighted by Gasteiger charge is -2.60. The minimum absolute atomic E-state index is 0.162. The van der Waals surface area contributed by atoms with Crippen LogP contribution < -0.4 is 0 Å². The predicted molar refractivity (Wildman–Crippen MR) is 64.0 cm³/mol. The maximum Gasteiger partial charge on any atom is 0.433 e. The fourth-order valence-corrected chi connectivity index (χ4v) is 3.69. The van der Waals surface area contributed by atoms with E-state index >= 15 is 0 Å². The van der Waals surface area contributed by atoms with Crippen molar-refractivity contribution in [2.24, 2.45) is 0 Å². The third kappa shape index (κ3) is 1.84. The quantitative estimate of drug-likeness (QED) is 0.442. The van der Waals surface area contributed by atoms with E-state index in [1.807, 2.05) is 0 Å². The molecule has 4 fully saturated rings. The second-order valence-electron chi connectivity index (χ2n) is 5.86. The maximum absolute atomic E-state index is 10.7. The van der Waals surface area contributed by atoms with Crippen molar-refractivity contribution >= 4 is 5.88 Å². The zero-order valence-corrected chi connectivity index (χ0v) is 10.6. The second-order valence-corrected chi connectivity index (χ2v) is 5.86. The molecule has 0 spiro atoms. The summed E-state index contributed by atoms with van der Waals surface area (Å²) >= 11 is 0. The van der Waals surface area contributed by atoms with Crippen LogP contribution in [0.15, 0.2) is 16.5 Å². The molecule has 8 heteroatoms. The summed E-state index contributed by atoms with van der Waals surface area (Å²) in [4.78, 5) is 17.4. The molecule has 0 radical (unpaired) electrons. The highest BCUT2D eigenvalue weighted by Crippen LogP contribution is 2.31. The average Bonchev–Trinajstić information content (AvgIpc) is 2.74. The van der Waals surface area contributed by atoms with E-state index < -0.39 is 4.92 Å². The Morgan fingerprint density at radius 2 is 1.74 bits per heavy atom. The Morgan fingerprint density at radius 3 is 2.21 bits per heavy atom. The molecule has 0 atom stereocenters. The molecule has 4 aliphatic heterocycles. The second kappa shape index (κ2) is 3.76. The van der Waals surface area contributed by atoms with Crippen LogP contribution in [0.1, 0.15) is 5.76 Å². The molecular weight excluding hydrogens is 250 g/mol. The van der Waals surface area contributed by atoms with E-state index in [0.717, 1.165) is 51.0 Å². The van der Waals surface area contributed by atoms with Gasteiger partial charge in [0.25, 0.3) is 0 Å². The molecule has 4 aliphatic rings. The van der Waals surface area contributed by atoms with E-state index in [4.69, 9.17) is 4.42 Å². The van der Waals surface area contributed by atoms with Crippen LogP contribution in [0.25, 0.3) is 0 Å². The first kappa shape index (κ1) is 11.4. The zero-order chi connectivity index (χ0) is 13.0. The van der Waals surface area contributed by atoms with Gasteiger partial charge in [0.1, 0.15) is 31.5 Å². The van der Waals surface area contributed by atoms with Crippen LogP contribution in [-0.4, -0.2) is 64.1 Å². The molecule has 102 valence electrons. The lowest BCUT2D eigenvalue weighted by molar-refractivity contribution is -0.992. The Morgan fingerprint density at radius 1 is 1.16 bits per heavy atom. The SMILES string of the molecule is O=[N+]([O-])c1ccc(C[N+]23CN4CN(CN(C4)C2)C3)o1. The molecule has 1 aromatic heterocycles. The fourth-order valence-electron chi connectivity index (χ4n) is 3.69. The highest BCUT2D eigenvalue weighted by atomic mass is 16.6. The number of furan rings is 1. The summed E-state index contributed by atoms with van der Waals surface area (Å²) in [5.74, 6) is 0.544. The number of hydrogen-bond donors (Lipinski definition) is 0. The fraction of sp³-hybridized carbons (Fsp3) is 0.636. The molecule has 0 saturated carbocycles. The van der Waals surface area contributed by atoms with Crippen LogP contribution in [0, 0.1) is 10.1 Å². The molecule has 0 amide bonds. The van der Waals surface area contributed by atoms with E-state index in [1.165, 1.54) is 6.07 Å². The summed E-state index contributed by atoms with van der Waals surface area (Å²) in [6.45, 7) is 6.83. The molecular formula is C11H16N5O3+. The normalized spacial score (nSPS) is 39.7. The van der Waals surface area contributed by atoms with Gasteiger partial charge in [0.2, 0.25) is 0 Å². The minimum atomic E-state index is -0.479. The van der Waals surface area contributed by atoms with Gasteiger partial charge in [-0.25, -0.2) is 14.7 Å². The average molecular weight is 266 g/mol. The Kier molecular flexibility index (Phi) is 2.25. The van der Waals surface area contributed by atoms with Crippen LogP contribution in [0.4, 0.5) is 5.88 Å².